The molecule has 172 valence electrons. The molecule has 5 heteroatoms. The average Bonchev–Trinajstić information content (AvgIpc) is 2.82. The summed E-state index contributed by atoms with van der Waals surface area (Å²) in [4.78, 5) is 29.6. The molecule has 1 aliphatic heterocycles. The number of nitrogens with zero attached hydrogens (tertiary/aromatic N) is 2. The highest BCUT2D eigenvalue weighted by Crippen LogP contribution is 2.20. The van der Waals surface area contributed by atoms with Gasteiger partial charge in [-0.1, -0.05) is 37.3 Å². The fraction of sp³-hybridized carbons (Fsp3) is 0.481. The number of carbonyl (C=O) groups is 2. The summed E-state index contributed by atoms with van der Waals surface area (Å²) >= 11 is 0. The van der Waals surface area contributed by atoms with Crippen LogP contribution >= 0.6 is 0 Å². The summed E-state index contributed by atoms with van der Waals surface area (Å²) in [5, 5.41) is 0. The van der Waals surface area contributed by atoms with Gasteiger partial charge in [0.15, 0.2) is 0 Å². The molecule has 1 fully saturated rings. The van der Waals surface area contributed by atoms with E-state index in [2.05, 4.69) is 24.8 Å². The first-order chi connectivity index (χ1) is 15.6. The van der Waals surface area contributed by atoms with Crippen molar-refractivity contribution >= 4 is 11.8 Å². The number of aryl methyl sites for hydroxylation is 1. The Kier molecular flexibility index (Phi) is 9.14. The Hall–Kier alpha value is -2.82. The monoisotopic (exact) mass is 436 g/mol. The van der Waals surface area contributed by atoms with Crippen LogP contribution in [0.1, 0.15) is 61.4 Å². The standard InChI is InChI=1S/C27H36N2O3/c1-3-17-29(26(30)14-7-8-20-32-25-13-9-10-22(2)21-25)24-15-18-28(19-16-24)27(31)23-11-5-4-6-12-23/h4-6,9-13,21,24H,3,7-8,14-20H2,1-2H3. The third kappa shape index (κ3) is 6.84. The number of hydrogen-bond donors (Lipinski definition) is 0. The van der Waals surface area contributed by atoms with E-state index in [1.165, 1.54) is 5.56 Å². The lowest BCUT2D eigenvalue weighted by Crippen LogP contribution is -2.49. The van der Waals surface area contributed by atoms with Gasteiger partial charge in [0.1, 0.15) is 5.75 Å². The van der Waals surface area contributed by atoms with Gasteiger partial charge >= 0.3 is 0 Å². The largest absolute Gasteiger partial charge is 0.494 e. The highest BCUT2D eigenvalue weighted by Gasteiger charge is 2.29. The molecule has 2 aromatic rings. The summed E-state index contributed by atoms with van der Waals surface area (Å²) in [6, 6.07) is 17.7. The van der Waals surface area contributed by atoms with Gasteiger partial charge in [0.05, 0.1) is 6.61 Å². The SMILES string of the molecule is CCCN(C(=O)CCCCOc1cccc(C)c1)C1CCN(C(=O)c2ccccc2)CC1. The first-order valence-corrected chi connectivity index (χ1v) is 11.9. The molecule has 0 N–H and O–H groups in total. The molecule has 0 atom stereocenters. The fourth-order valence-electron chi connectivity index (χ4n) is 4.31. The third-order valence-corrected chi connectivity index (χ3v) is 6.04. The van der Waals surface area contributed by atoms with Gasteiger partial charge < -0.3 is 14.5 Å². The summed E-state index contributed by atoms with van der Waals surface area (Å²) in [6.07, 6.45) is 4.90. The molecule has 1 heterocycles. The minimum atomic E-state index is 0.0889. The zero-order valence-corrected chi connectivity index (χ0v) is 19.5. The summed E-state index contributed by atoms with van der Waals surface area (Å²) in [5.41, 5.74) is 1.92. The third-order valence-electron chi connectivity index (χ3n) is 6.04. The second-order valence-electron chi connectivity index (χ2n) is 8.60. The zero-order chi connectivity index (χ0) is 22.8. The van der Waals surface area contributed by atoms with Gasteiger partial charge in [0.25, 0.3) is 5.91 Å². The van der Waals surface area contributed by atoms with Crippen molar-refractivity contribution in [2.45, 2.75) is 58.4 Å². The predicted octanol–water partition coefficient (Wildman–Crippen LogP) is 5.09. The van der Waals surface area contributed by atoms with Crippen LogP contribution in [0.2, 0.25) is 0 Å². The van der Waals surface area contributed by atoms with E-state index in [-0.39, 0.29) is 17.9 Å². The van der Waals surface area contributed by atoms with E-state index < -0.39 is 0 Å². The molecule has 0 bridgehead atoms. The summed E-state index contributed by atoms with van der Waals surface area (Å²) in [6.45, 7) is 6.99. The molecule has 2 amide bonds. The second kappa shape index (κ2) is 12.3. The molecule has 32 heavy (non-hydrogen) atoms. The van der Waals surface area contributed by atoms with Gasteiger partial charge in [-0.25, -0.2) is 0 Å². The average molecular weight is 437 g/mol. The van der Waals surface area contributed by atoms with Gasteiger partial charge in [-0.3, -0.25) is 9.59 Å². The highest BCUT2D eigenvalue weighted by atomic mass is 16.5. The molecule has 1 saturated heterocycles. The molecule has 0 spiro atoms. The summed E-state index contributed by atoms with van der Waals surface area (Å²) < 4.78 is 5.80. The van der Waals surface area contributed by atoms with E-state index in [1.54, 1.807) is 0 Å². The Labute approximate surface area is 192 Å². The van der Waals surface area contributed by atoms with Crippen molar-refractivity contribution in [3.05, 3.63) is 65.7 Å². The molecular weight excluding hydrogens is 400 g/mol. The van der Waals surface area contributed by atoms with Gasteiger partial charge in [-0.05, 0) is 68.9 Å². The Morgan fingerprint density at radius 3 is 2.47 bits per heavy atom. The molecule has 5 nitrogen and oxygen atoms in total. The fourth-order valence-corrected chi connectivity index (χ4v) is 4.31. The van der Waals surface area contributed by atoms with E-state index >= 15 is 0 Å². The molecule has 0 saturated carbocycles. The predicted molar refractivity (Wildman–Crippen MR) is 128 cm³/mol. The Bertz CT molecular complexity index is 860. The molecular formula is C27H36N2O3. The summed E-state index contributed by atoms with van der Waals surface area (Å²) in [7, 11) is 0. The van der Waals surface area contributed by atoms with E-state index in [0.29, 0.717) is 26.1 Å². The second-order valence-corrected chi connectivity index (χ2v) is 8.60. The van der Waals surface area contributed by atoms with Crippen LogP contribution < -0.4 is 4.74 Å². The van der Waals surface area contributed by atoms with Crippen molar-refractivity contribution in [3.8, 4) is 5.75 Å². The van der Waals surface area contributed by atoms with Crippen LogP contribution in [0.3, 0.4) is 0 Å². The Balaban J connectivity index is 1.42. The van der Waals surface area contributed by atoms with Crippen LogP contribution in [0.25, 0.3) is 0 Å². The molecule has 3 rings (SSSR count). The lowest BCUT2D eigenvalue weighted by Gasteiger charge is -2.38. The molecule has 0 radical (unpaired) electrons. The normalized spacial score (nSPS) is 14.2. The van der Waals surface area contributed by atoms with Crippen molar-refractivity contribution in [3.63, 3.8) is 0 Å². The van der Waals surface area contributed by atoms with Crippen molar-refractivity contribution in [2.75, 3.05) is 26.2 Å². The number of ether oxygens (including phenoxy) is 1. The molecule has 0 aliphatic carbocycles. The van der Waals surface area contributed by atoms with E-state index in [1.807, 2.05) is 53.4 Å². The summed E-state index contributed by atoms with van der Waals surface area (Å²) in [5.74, 6) is 1.21. The Morgan fingerprint density at radius 2 is 1.78 bits per heavy atom. The lowest BCUT2D eigenvalue weighted by atomic mass is 10.0. The maximum Gasteiger partial charge on any atom is 0.253 e. The van der Waals surface area contributed by atoms with Gasteiger partial charge in [-0.15, -0.1) is 0 Å². The first-order valence-electron chi connectivity index (χ1n) is 11.9. The first kappa shape index (κ1) is 23.8. The zero-order valence-electron chi connectivity index (χ0n) is 19.5. The van der Waals surface area contributed by atoms with Crippen LogP contribution in [0.4, 0.5) is 0 Å². The lowest BCUT2D eigenvalue weighted by molar-refractivity contribution is -0.134. The maximum atomic E-state index is 13.0. The van der Waals surface area contributed by atoms with E-state index in [0.717, 1.165) is 50.0 Å². The number of likely N-dealkylation sites (tertiary alicyclic amines) is 1. The van der Waals surface area contributed by atoms with Crippen LogP contribution in [0.5, 0.6) is 5.75 Å². The van der Waals surface area contributed by atoms with Crippen LogP contribution in [0, 0.1) is 6.92 Å². The minimum Gasteiger partial charge on any atom is -0.494 e. The highest BCUT2D eigenvalue weighted by molar-refractivity contribution is 5.94. The smallest absolute Gasteiger partial charge is 0.253 e. The molecule has 0 unspecified atom stereocenters. The van der Waals surface area contributed by atoms with E-state index in [4.69, 9.17) is 4.74 Å². The number of amides is 2. The van der Waals surface area contributed by atoms with Crippen molar-refractivity contribution in [1.29, 1.82) is 0 Å². The minimum absolute atomic E-state index is 0.0889. The number of rotatable bonds is 10. The molecule has 1 aliphatic rings. The number of hydrogen-bond acceptors (Lipinski definition) is 3. The van der Waals surface area contributed by atoms with Crippen molar-refractivity contribution in [1.82, 2.24) is 9.80 Å². The maximum absolute atomic E-state index is 13.0. The Morgan fingerprint density at radius 1 is 1.03 bits per heavy atom. The topological polar surface area (TPSA) is 49.9 Å². The molecule has 0 aromatic heterocycles. The van der Waals surface area contributed by atoms with Gasteiger partial charge in [0, 0.05) is 37.7 Å². The number of carbonyl (C=O) groups excluding carboxylic acids is 2. The van der Waals surface area contributed by atoms with Crippen molar-refractivity contribution < 1.29 is 14.3 Å². The van der Waals surface area contributed by atoms with Gasteiger partial charge in [0.2, 0.25) is 5.91 Å². The number of piperidine rings is 1. The van der Waals surface area contributed by atoms with E-state index in [9.17, 15) is 9.59 Å². The van der Waals surface area contributed by atoms with Crippen LogP contribution in [0.15, 0.2) is 54.6 Å². The van der Waals surface area contributed by atoms with Crippen LogP contribution in [-0.2, 0) is 4.79 Å². The number of benzene rings is 2. The van der Waals surface area contributed by atoms with Crippen LogP contribution in [-0.4, -0.2) is 53.9 Å². The molecule has 2 aromatic carbocycles. The van der Waals surface area contributed by atoms with Crippen molar-refractivity contribution in [2.24, 2.45) is 0 Å². The quantitative estimate of drug-likeness (QED) is 0.488. The number of unbranched alkanes of at least 4 members (excludes halogenated alkanes) is 1. The van der Waals surface area contributed by atoms with Gasteiger partial charge in [-0.2, -0.15) is 0 Å².